The fraction of sp³-hybridized carbons (Fsp3) is 0.550. The summed E-state index contributed by atoms with van der Waals surface area (Å²) in [6.07, 6.45) is 2.16. The van der Waals surface area contributed by atoms with Gasteiger partial charge in [0.25, 0.3) is 0 Å². The largest absolute Gasteiger partial charge is 0.458 e. The van der Waals surface area contributed by atoms with Crippen LogP contribution in [0, 0.1) is 24.5 Å². The second-order valence-electron chi connectivity index (χ2n) is 15.8. The lowest BCUT2D eigenvalue weighted by Gasteiger charge is -2.39. The molecule has 4 aliphatic heterocycles. The van der Waals surface area contributed by atoms with Gasteiger partial charge < -0.3 is 40.7 Å². The third-order valence-electron chi connectivity index (χ3n) is 11.2. The van der Waals surface area contributed by atoms with Gasteiger partial charge >= 0.3 is 12.0 Å². The van der Waals surface area contributed by atoms with Crippen molar-refractivity contribution >= 4 is 47.2 Å². The maximum atomic E-state index is 14.7. The van der Waals surface area contributed by atoms with E-state index < -0.39 is 102 Å². The molecular formula is C40H50F2N8O8. The second-order valence-corrected chi connectivity index (χ2v) is 15.8. The molecule has 4 N–H and O–H groups in total. The molecular weight excluding hydrogens is 758 g/mol. The van der Waals surface area contributed by atoms with Crippen LogP contribution in [-0.4, -0.2) is 123 Å². The van der Waals surface area contributed by atoms with Crippen molar-refractivity contribution in [2.45, 2.75) is 115 Å². The molecule has 4 saturated heterocycles. The summed E-state index contributed by atoms with van der Waals surface area (Å²) >= 11 is 0. The number of hydrogen-bond acceptors (Lipinski definition) is 9. The highest BCUT2D eigenvalue weighted by molar-refractivity contribution is 5.98. The summed E-state index contributed by atoms with van der Waals surface area (Å²) in [5, 5.41) is 10.5. The minimum absolute atomic E-state index is 0.0124. The van der Waals surface area contributed by atoms with Crippen LogP contribution < -0.4 is 21.3 Å². The Labute approximate surface area is 334 Å². The van der Waals surface area contributed by atoms with E-state index in [0.29, 0.717) is 37.4 Å². The normalized spacial score (nSPS) is 27.5. The quantitative estimate of drug-likeness (QED) is 0.315. The zero-order valence-corrected chi connectivity index (χ0v) is 33.0. The lowest BCUT2D eigenvalue weighted by molar-refractivity contribution is -0.163. The summed E-state index contributed by atoms with van der Waals surface area (Å²) in [6, 6.07) is -2.14. The van der Waals surface area contributed by atoms with Crippen molar-refractivity contribution in [3.05, 3.63) is 59.4 Å². The Morgan fingerprint density at radius 1 is 0.879 bits per heavy atom. The molecule has 6 rings (SSSR count). The molecule has 1 aromatic heterocycles. The summed E-state index contributed by atoms with van der Waals surface area (Å²) in [5.74, 6) is -6.01. The molecule has 8 atom stereocenters. The molecule has 0 bridgehead atoms. The van der Waals surface area contributed by atoms with Crippen LogP contribution in [0.5, 0.6) is 0 Å². The number of aryl methyl sites for hydroxylation is 1. The van der Waals surface area contributed by atoms with Crippen molar-refractivity contribution in [2.75, 3.05) is 25.0 Å². The first kappa shape index (κ1) is 41.9. The Morgan fingerprint density at radius 3 is 2.28 bits per heavy atom. The number of carbonyl (C=O) groups is 7. The van der Waals surface area contributed by atoms with Crippen molar-refractivity contribution in [3.63, 3.8) is 0 Å². The van der Waals surface area contributed by atoms with E-state index in [1.54, 1.807) is 19.1 Å². The van der Waals surface area contributed by atoms with E-state index in [4.69, 9.17) is 4.74 Å². The molecule has 312 valence electrons. The SMILES string of the molecule is Cc1ccc(NC(=O)N[C@@H](Cc2cc(F)cc(F)c2)C(=O)NC2C(=O)N3CCC[C@H]3C(=O)N3CCCC[C@H]3C(=O)N[C@@H](C)C(=O)N3C[C@H](C)C[C@H]3C(=O)O[C@H]2C)cn1. The second kappa shape index (κ2) is 17.9. The monoisotopic (exact) mass is 808 g/mol. The average Bonchev–Trinajstić information content (AvgIpc) is 3.83. The minimum Gasteiger partial charge on any atom is -0.458 e. The van der Waals surface area contributed by atoms with Gasteiger partial charge in [0.2, 0.25) is 29.5 Å². The number of carbonyl (C=O) groups excluding carboxylic acids is 7. The van der Waals surface area contributed by atoms with Gasteiger partial charge in [-0.2, -0.15) is 0 Å². The Kier molecular flexibility index (Phi) is 12.9. The predicted molar refractivity (Wildman–Crippen MR) is 203 cm³/mol. The maximum Gasteiger partial charge on any atom is 0.329 e. The number of hydrogen-bond donors (Lipinski definition) is 4. The molecule has 58 heavy (non-hydrogen) atoms. The third-order valence-corrected chi connectivity index (χ3v) is 11.2. The van der Waals surface area contributed by atoms with E-state index in [2.05, 4.69) is 26.3 Å². The van der Waals surface area contributed by atoms with Gasteiger partial charge in [-0.3, -0.25) is 29.0 Å². The summed E-state index contributed by atoms with van der Waals surface area (Å²) in [6.45, 7) is 7.10. The summed E-state index contributed by atoms with van der Waals surface area (Å²) in [5.41, 5.74) is 0.983. The number of cyclic esters (lactones) is 1. The number of fused-ring (bicyclic) bond motifs is 3. The Balaban J connectivity index is 1.34. The van der Waals surface area contributed by atoms with Crippen LogP contribution >= 0.6 is 0 Å². The molecule has 1 unspecified atom stereocenters. The first-order valence-electron chi connectivity index (χ1n) is 19.8. The number of halogens is 2. The van der Waals surface area contributed by atoms with Crippen LogP contribution in [-0.2, 0) is 39.9 Å². The highest BCUT2D eigenvalue weighted by Crippen LogP contribution is 2.29. The number of nitrogens with zero attached hydrogens (tertiary/aromatic N) is 4. The number of benzene rings is 1. The lowest BCUT2D eigenvalue weighted by Crippen LogP contribution is -2.63. The van der Waals surface area contributed by atoms with E-state index >= 15 is 0 Å². The van der Waals surface area contributed by atoms with Crippen LogP contribution in [0.25, 0.3) is 0 Å². The number of piperidine rings is 1. The first-order chi connectivity index (χ1) is 27.6. The fourth-order valence-electron chi connectivity index (χ4n) is 8.26. The standard InChI is InChI=1S/C40H50F2N8O8/c1-21-14-32-39(56)58-24(4)33(47-34(51)29(17-25-15-26(41)18-27(42)16-25)46-40(57)45-28-11-10-22(2)43-19-28)38(55)49-13-7-9-31(49)37(54)48-12-6-5-8-30(48)35(52)44-23(3)36(53)50(32)20-21/h10-11,15-16,18-19,21,23-24,29-33H,5-9,12-14,17,20H2,1-4H3,(H,44,52)(H,47,51)(H2,45,46,57)/t21-,23+,24+,29+,30+,31+,32+,33?/m1/s1. The van der Waals surface area contributed by atoms with Gasteiger partial charge in [-0.25, -0.2) is 18.4 Å². The van der Waals surface area contributed by atoms with Crippen molar-refractivity contribution in [2.24, 2.45) is 5.92 Å². The molecule has 0 aliphatic carbocycles. The van der Waals surface area contributed by atoms with Crippen LogP contribution in [0.15, 0.2) is 36.5 Å². The molecule has 1 aromatic carbocycles. The number of nitrogens with one attached hydrogen (secondary N) is 4. The van der Waals surface area contributed by atoms with E-state index in [-0.39, 0.29) is 49.6 Å². The molecule has 16 nitrogen and oxygen atoms in total. The molecule has 18 heteroatoms. The van der Waals surface area contributed by atoms with Crippen molar-refractivity contribution < 1.29 is 47.1 Å². The Morgan fingerprint density at radius 2 is 1.57 bits per heavy atom. The average molecular weight is 809 g/mol. The minimum atomic E-state index is -1.63. The van der Waals surface area contributed by atoms with Gasteiger partial charge in [-0.05, 0) is 95.0 Å². The molecule has 4 fully saturated rings. The molecule has 0 spiro atoms. The van der Waals surface area contributed by atoms with Gasteiger partial charge in [-0.15, -0.1) is 0 Å². The van der Waals surface area contributed by atoms with Gasteiger partial charge in [-0.1, -0.05) is 6.92 Å². The first-order valence-corrected chi connectivity index (χ1v) is 19.8. The van der Waals surface area contributed by atoms with Gasteiger partial charge in [0.15, 0.2) is 0 Å². The van der Waals surface area contributed by atoms with E-state index in [0.717, 1.165) is 12.1 Å². The maximum absolute atomic E-state index is 14.7. The molecule has 7 amide bonds. The van der Waals surface area contributed by atoms with Crippen molar-refractivity contribution in [1.82, 2.24) is 35.6 Å². The molecule has 2 aromatic rings. The third kappa shape index (κ3) is 9.53. The Hall–Kier alpha value is -5.68. The number of aromatic nitrogens is 1. The highest BCUT2D eigenvalue weighted by Gasteiger charge is 2.47. The summed E-state index contributed by atoms with van der Waals surface area (Å²) in [7, 11) is 0. The smallest absolute Gasteiger partial charge is 0.329 e. The number of anilines is 1. The number of amides is 7. The number of ether oxygens (including phenoxy) is 1. The number of pyridine rings is 1. The van der Waals surface area contributed by atoms with Gasteiger partial charge in [0.05, 0.1) is 11.9 Å². The number of urea groups is 1. The van der Waals surface area contributed by atoms with Crippen LogP contribution in [0.1, 0.15) is 70.6 Å². The van der Waals surface area contributed by atoms with E-state index in [1.165, 1.54) is 34.7 Å². The van der Waals surface area contributed by atoms with Crippen molar-refractivity contribution in [3.8, 4) is 0 Å². The zero-order valence-electron chi connectivity index (χ0n) is 33.0. The van der Waals surface area contributed by atoms with Gasteiger partial charge in [0.1, 0.15) is 54.0 Å². The molecule has 5 heterocycles. The molecule has 4 aliphatic rings. The number of esters is 1. The predicted octanol–water partition coefficient (Wildman–Crippen LogP) is 1.94. The zero-order chi connectivity index (χ0) is 41.8. The fourth-order valence-corrected chi connectivity index (χ4v) is 8.26. The van der Waals surface area contributed by atoms with E-state index in [1.807, 2.05) is 6.92 Å². The summed E-state index contributed by atoms with van der Waals surface area (Å²) in [4.78, 5) is 106. The van der Waals surface area contributed by atoms with Crippen LogP contribution in [0.4, 0.5) is 19.3 Å². The van der Waals surface area contributed by atoms with Gasteiger partial charge in [0, 0.05) is 37.8 Å². The van der Waals surface area contributed by atoms with Crippen molar-refractivity contribution in [1.29, 1.82) is 0 Å². The highest BCUT2D eigenvalue weighted by atomic mass is 19.1. The van der Waals surface area contributed by atoms with E-state index in [9.17, 15) is 42.3 Å². The topological polar surface area (TPSA) is 199 Å². The lowest BCUT2D eigenvalue weighted by atomic mass is 9.99. The molecule has 0 radical (unpaired) electrons. The number of rotatable bonds is 6. The van der Waals surface area contributed by atoms with Crippen LogP contribution in [0.2, 0.25) is 0 Å². The van der Waals surface area contributed by atoms with Crippen LogP contribution in [0.3, 0.4) is 0 Å². The molecule has 0 saturated carbocycles. The summed E-state index contributed by atoms with van der Waals surface area (Å²) < 4.78 is 34.5. The Bertz CT molecular complexity index is 1910.